The normalized spacial score (nSPS) is 13.7. The molecule has 0 bridgehead atoms. The molecular weight excluding hydrogens is 280 g/mol. The van der Waals surface area contributed by atoms with Crippen LogP contribution < -0.4 is 11.1 Å². The number of amides is 1. The van der Waals surface area contributed by atoms with Gasteiger partial charge in [-0.2, -0.15) is 0 Å². The number of rotatable bonds is 5. The van der Waals surface area contributed by atoms with Gasteiger partial charge in [0.1, 0.15) is 0 Å². The van der Waals surface area contributed by atoms with Crippen LogP contribution in [0.5, 0.6) is 0 Å². The Morgan fingerprint density at radius 3 is 2.67 bits per heavy atom. The number of nitrogens with two attached hydrogens (primary N) is 1. The summed E-state index contributed by atoms with van der Waals surface area (Å²) in [5, 5.41) is 3.08. The first-order chi connectivity index (χ1) is 9.95. The highest BCUT2D eigenvalue weighted by molar-refractivity contribution is 7.11. The lowest BCUT2D eigenvalue weighted by Gasteiger charge is -2.17. The first kappa shape index (κ1) is 15.6. The highest BCUT2D eigenvalue weighted by atomic mass is 32.1. The molecule has 0 saturated carbocycles. The van der Waals surface area contributed by atoms with Gasteiger partial charge in [0.15, 0.2) is 0 Å². The fraction of sp³-hybridized carbons (Fsp3) is 0.353. The number of anilines is 1. The van der Waals surface area contributed by atoms with Gasteiger partial charge in [-0.25, -0.2) is 0 Å². The highest BCUT2D eigenvalue weighted by Crippen LogP contribution is 2.19. The molecule has 21 heavy (non-hydrogen) atoms. The fourth-order valence-electron chi connectivity index (χ4n) is 2.30. The van der Waals surface area contributed by atoms with Crippen molar-refractivity contribution in [2.24, 2.45) is 0 Å². The van der Waals surface area contributed by atoms with Gasteiger partial charge in [0, 0.05) is 27.9 Å². The second-order valence-corrected chi connectivity index (χ2v) is 6.89. The number of thiophene rings is 1. The van der Waals surface area contributed by atoms with Gasteiger partial charge >= 0.3 is 0 Å². The van der Waals surface area contributed by atoms with Crippen molar-refractivity contribution in [1.82, 2.24) is 5.32 Å². The van der Waals surface area contributed by atoms with E-state index in [1.54, 1.807) is 11.3 Å². The van der Waals surface area contributed by atoms with Crippen LogP contribution >= 0.6 is 11.3 Å². The minimum absolute atomic E-state index is 0.0429. The Kier molecular flexibility index (Phi) is 5.02. The molecule has 2 unspecified atom stereocenters. The molecular formula is C17H22N2OS. The van der Waals surface area contributed by atoms with Gasteiger partial charge in [-0.1, -0.05) is 12.1 Å². The van der Waals surface area contributed by atoms with Crippen molar-refractivity contribution in [3.05, 3.63) is 51.7 Å². The lowest BCUT2D eigenvalue weighted by Crippen LogP contribution is -2.36. The quantitative estimate of drug-likeness (QED) is 0.831. The number of hydrogen-bond acceptors (Lipinski definition) is 3. The summed E-state index contributed by atoms with van der Waals surface area (Å²) in [5.74, 6) is -0.151. The van der Waals surface area contributed by atoms with Gasteiger partial charge in [0.05, 0.1) is 5.92 Å². The van der Waals surface area contributed by atoms with Crippen LogP contribution in [0.15, 0.2) is 36.4 Å². The molecule has 1 heterocycles. The van der Waals surface area contributed by atoms with Crippen molar-refractivity contribution >= 4 is 22.9 Å². The van der Waals surface area contributed by atoms with Crippen LogP contribution in [0, 0.1) is 6.92 Å². The van der Waals surface area contributed by atoms with Crippen LogP contribution in [-0.4, -0.2) is 11.9 Å². The lowest BCUT2D eigenvalue weighted by atomic mass is 9.99. The molecule has 112 valence electrons. The standard InChI is InChI=1S/C17H22N2OS/c1-11(9-16-8-7-12(2)21-16)19-17(20)13(3)14-5-4-6-15(18)10-14/h4-8,10-11,13H,9,18H2,1-3H3,(H,19,20). The molecule has 3 nitrogen and oxygen atoms in total. The van der Waals surface area contributed by atoms with Crippen LogP contribution in [0.4, 0.5) is 5.69 Å². The molecule has 0 fully saturated rings. The van der Waals surface area contributed by atoms with E-state index in [4.69, 9.17) is 5.73 Å². The Morgan fingerprint density at radius 2 is 2.05 bits per heavy atom. The fourth-order valence-corrected chi connectivity index (χ4v) is 3.31. The summed E-state index contributed by atoms with van der Waals surface area (Å²) in [6.45, 7) is 6.05. The summed E-state index contributed by atoms with van der Waals surface area (Å²) in [5.41, 5.74) is 7.41. The van der Waals surface area contributed by atoms with Gasteiger partial charge in [-0.3, -0.25) is 4.79 Å². The van der Waals surface area contributed by atoms with Gasteiger partial charge in [0.2, 0.25) is 5.91 Å². The number of carbonyl (C=O) groups is 1. The molecule has 4 heteroatoms. The Labute approximate surface area is 130 Å². The molecule has 0 spiro atoms. The van der Waals surface area contributed by atoms with Crippen LogP contribution in [0.2, 0.25) is 0 Å². The summed E-state index contributed by atoms with van der Waals surface area (Å²) < 4.78 is 0. The Hall–Kier alpha value is -1.81. The highest BCUT2D eigenvalue weighted by Gasteiger charge is 2.17. The van der Waals surface area contributed by atoms with Crippen LogP contribution in [0.1, 0.15) is 35.1 Å². The minimum atomic E-state index is -0.193. The molecule has 2 atom stereocenters. The summed E-state index contributed by atoms with van der Waals surface area (Å²) in [4.78, 5) is 14.9. The molecule has 1 aromatic carbocycles. The van der Waals surface area contributed by atoms with Gasteiger partial charge in [-0.05, 0) is 50.6 Å². The van der Waals surface area contributed by atoms with Crippen molar-refractivity contribution in [3.8, 4) is 0 Å². The topological polar surface area (TPSA) is 55.1 Å². The first-order valence-electron chi connectivity index (χ1n) is 7.17. The lowest BCUT2D eigenvalue weighted by molar-refractivity contribution is -0.122. The Morgan fingerprint density at radius 1 is 1.29 bits per heavy atom. The van der Waals surface area contributed by atoms with E-state index < -0.39 is 0 Å². The van der Waals surface area contributed by atoms with Gasteiger partial charge in [0.25, 0.3) is 0 Å². The number of nitrogen functional groups attached to an aromatic ring is 1. The van der Waals surface area contributed by atoms with Crippen molar-refractivity contribution in [2.45, 2.75) is 39.2 Å². The van der Waals surface area contributed by atoms with E-state index >= 15 is 0 Å². The predicted octanol–water partition coefficient (Wildman–Crippen LogP) is 3.49. The third-order valence-electron chi connectivity index (χ3n) is 3.50. The molecule has 0 radical (unpaired) electrons. The van der Waals surface area contributed by atoms with E-state index in [9.17, 15) is 4.79 Å². The molecule has 2 aromatic rings. The Bertz CT molecular complexity index is 621. The first-order valence-corrected chi connectivity index (χ1v) is 7.98. The monoisotopic (exact) mass is 302 g/mol. The predicted molar refractivity (Wildman–Crippen MR) is 89.6 cm³/mol. The molecule has 0 aliphatic carbocycles. The number of carbonyl (C=O) groups excluding carboxylic acids is 1. The second-order valence-electron chi connectivity index (χ2n) is 5.52. The molecule has 0 aliphatic heterocycles. The van der Waals surface area contributed by atoms with E-state index in [1.807, 2.05) is 38.1 Å². The molecule has 3 N–H and O–H groups in total. The van der Waals surface area contributed by atoms with Crippen LogP contribution in [-0.2, 0) is 11.2 Å². The zero-order chi connectivity index (χ0) is 15.4. The summed E-state index contributed by atoms with van der Waals surface area (Å²) >= 11 is 1.78. The molecule has 0 aliphatic rings. The maximum Gasteiger partial charge on any atom is 0.227 e. The zero-order valence-corrected chi connectivity index (χ0v) is 13.5. The number of nitrogens with one attached hydrogen (secondary N) is 1. The Balaban J connectivity index is 1.94. The number of aryl methyl sites for hydroxylation is 1. The van der Waals surface area contributed by atoms with Crippen molar-refractivity contribution in [3.63, 3.8) is 0 Å². The van der Waals surface area contributed by atoms with Crippen LogP contribution in [0.25, 0.3) is 0 Å². The summed E-state index contributed by atoms with van der Waals surface area (Å²) in [7, 11) is 0. The number of benzene rings is 1. The average Bonchev–Trinajstić information content (AvgIpc) is 2.82. The summed E-state index contributed by atoms with van der Waals surface area (Å²) in [6.07, 6.45) is 0.869. The molecule has 1 amide bonds. The third-order valence-corrected chi connectivity index (χ3v) is 4.52. The maximum atomic E-state index is 12.3. The second kappa shape index (κ2) is 6.76. The van der Waals surface area contributed by atoms with Gasteiger partial charge in [-0.15, -0.1) is 11.3 Å². The van der Waals surface area contributed by atoms with Crippen molar-refractivity contribution in [1.29, 1.82) is 0 Å². The minimum Gasteiger partial charge on any atom is -0.399 e. The smallest absolute Gasteiger partial charge is 0.227 e. The van der Waals surface area contributed by atoms with E-state index in [2.05, 4.69) is 24.4 Å². The van der Waals surface area contributed by atoms with E-state index in [0.29, 0.717) is 5.69 Å². The van der Waals surface area contributed by atoms with Crippen molar-refractivity contribution < 1.29 is 4.79 Å². The number of hydrogen-bond donors (Lipinski definition) is 2. The molecule has 1 aromatic heterocycles. The third kappa shape index (κ3) is 4.33. The van der Waals surface area contributed by atoms with E-state index in [-0.39, 0.29) is 17.9 Å². The molecule has 2 rings (SSSR count). The van der Waals surface area contributed by atoms with E-state index in [0.717, 1.165) is 12.0 Å². The molecule has 0 saturated heterocycles. The SMILES string of the molecule is Cc1ccc(CC(C)NC(=O)C(C)c2cccc(N)c2)s1. The van der Waals surface area contributed by atoms with E-state index in [1.165, 1.54) is 9.75 Å². The zero-order valence-electron chi connectivity index (χ0n) is 12.7. The summed E-state index contributed by atoms with van der Waals surface area (Å²) in [6, 6.07) is 11.9. The van der Waals surface area contributed by atoms with Crippen LogP contribution in [0.3, 0.4) is 0 Å². The largest absolute Gasteiger partial charge is 0.399 e. The van der Waals surface area contributed by atoms with Crippen molar-refractivity contribution in [2.75, 3.05) is 5.73 Å². The van der Waals surface area contributed by atoms with Gasteiger partial charge < -0.3 is 11.1 Å². The average molecular weight is 302 g/mol. The maximum absolute atomic E-state index is 12.3.